The monoisotopic (exact) mass is 690 g/mol. The largest absolute Gasteiger partial charge is 0.508 e. The van der Waals surface area contributed by atoms with Gasteiger partial charge in [-0.2, -0.15) is 10.5 Å². The first-order chi connectivity index (χ1) is 24.4. The summed E-state index contributed by atoms with van der Waals surface area (Å²) < 4.78 is 12.5. The summed E-state index contributed by atoms with van der Waals surface area (Å²) in [5, 5.41) is 42.7. The number of ether oxygens (including phenoxy) is 2. The zero-order valence-corrected chi connectivity index (χ0v) is 27.9. The SMILES string of the molecule is COc1ccc2sc(/C(C#N)=C3\N=C(c4ccc(O)cc4)C4=C3C(c3ccc(O)cc3)=N/C4=C(/C#N)c3nc4cc(OC)ccc4s3)nc2c1. The van der Waals surface area contributed by atoms with E-state index in [1.54, 1.807) is 62.8 Å². The van der Waals surface area contributed by atoms with E-state index in [-0.39, 0.29) is 22.6 Å². The first-order valence-corrected chi connectivity index (χ1v) is 16.7. The summed E-state index contributed by atoms with van der Waals surface area (Å²) in [6.45, 7) is 0. The topological polar surface area (TPSA) is 157 Å². The Bertz CT molecular complexity index is 2460. The van der Waals surface area contributed by atoms with Crippen molar-refractivity contribution in [1.29, 1.82) is 10.5 Å². The van der Waals surface area contributed by atoms with E-state index in [4.69, 9.17) is 29.4 Å². The van der Waals surface area contributed by atoms with E-state index in [0.717, 1.165) is 9.40 Å². The van der Waals surface area contributed by atoms with Crippen molar-refractivity contribution in [1.82, 2.24) is 9.97 Å². The molecule has 0 unspecified atom stereocenters. The molecule has 0 spiro atoms. The minimum Gasteiger partial charge on any atom is -0.508 e. The lowest BCUT2D eigenvalue weighted by molar-refractivity contribution is 0.415. The Morgan fingerprint density at radius 3 is 1.36 bits per heavy atom. The fourth-order valence-corrected chi connectivity index (χ4v) is 7.73. The Morgan fingerprint density at radius 2 is 1.00 bits per heavy atom. The van der Waals surface area contributed by atoms with Gasteiger partial charge in [0.05, 0.1) is 57.5 Å². The van der Waals surface area contributed by atoms with E-state index in [0.29, 0.717) is 77.6 Å². The number of hydrogen-bond acceptors (Lipinski definition) is 12. The normalized spacial score (nSPS) is 15.8. The van der Waals surface area contributed by atoms with Crippen LogP contribution in [0.2, 0.25) is 0 Å². The molecule has 2 N–H and O–H groups in total. The molecule has 0 saturated carbocycles. The molecule has 0 atom stereocenters. The first kappa shape index (κ1) is 30.7. The van der Waals surface area contributed by atoms with Crippen LogP contribution in [-0.2, 0) is 0 Å². The Morgan fingerprint density at radius 1 is 0.600 bits per heavy atom. The third-order valence-corrected chi connectivity index (χ3v) is 10.3. The van der Waals surface area contributed by atoms with Crippen LogP contribution in [0, 0.1) is 22.7 Å². The second-order valence-corrected chi connectivity index (χ2v) is 13.2. The highest BCUT2D eigenvalue weighted by Gasteiger charge is 2.40. The number of aromatic hydroxyl groups is 2. The fourth-order valence-electron chi connectivity index (χ4n) is 5.85. The van der Waals surface area contributed by atoms with Crippen molar-refractivity contribution in [2.75, 3.05) is 14.2 Å². The van der Waals surface area contributed by atoms with Gasteiger partial charge in [0.1, 0.15) is 56.3 Å². The smallest absolute Gasteiger partial charge is 0.137 e. The molecule has 2 aromatic heterocycles. The molecule has 0 bridgehead atoms. The molecule has 0 fully saturated rings. The van der Waals surface area contributed by atoms with Gasteiger partial charge < -0.3 is 19.7 Å². The average Bonchev–Trinajstić information content (AvgIpc) is 3.92. The molecule has 12 heteroatoms. The highest BCUT2D eigenvalue weighted by atomic mass is 32.1. The van der Waals surface area contributed by atoms with Crippen LogP contribution in [0.15, 0.2) is 117 Å². The van der Waals surface area contributed by atoms with Crippen molar-refractivity contribution in [3.63, 3.8) is 0 Å². The summed E-state index contributed by atoms with van der Waals surface area (Å²) in [4.78, 5) is 19.8. The molecule has 0 amide bonds. The molecule has 0 aliphatic carbocycles. The number of nitriles is 2. The minimum atomic E-state index is 0.0748. The lowest BCUT2D eigenvalue weighted by Crippen LogP contribution is -2.05. The highest BCUT2D eigenvalue weighted by Crippen LogP contribution is 2.47. The predicted molar refractivity (Wildman–Crippen MR) is 194 cm³/mol. The van der Waals surface area contributed by atoms with Crippen LogP contribution in [0.5, 0.6) is 23.0 Å². The summed E-state index contributed by atoms with van der Waals surface area (Å²) in [6, 6.07) is 28.9. The molecule has 8 rings (SSSR count). The Labute approximate surface area is 292 Å². The molecular formula is C38H22N6O4S2. The van der Waals surface area contributed by atoms with Gasteiger partial charge in [-0.25, -0.2) is 20.0 Å². The van der Waals surface area contributed by atoms with E-state index < -0.39 is 0 Å². The van der Waals surface area contributed by atoms with Crippen LogP contribution < -0.4 is 9.47 Å². The van der Waals surface area contributed by atoms with Gasteiger partial charge in [0.15, 0.2) is 0 Å². The molecule has 10 nitrogen and oxygen atoms in total. The van der Waals surface area contributed by atoms with Crippen LogP contribution >= 0.6 is 22.7 Å². The second kappa shape index (κ2) is 12.1. The van der Waals surface area contributed by atoms with Crippen LogP contribution in [-0.4, -0.2) is 45.8 Å². The molecule has 0 radical (unpaired) electrons. The summed E-state index contributed by atoms with van der Waals surface area (Å²) in [6.07, 6.45) is 0. The number of benzene rings is 4. The third-order valence-electron chi connectivity index (χ3n) is 8.24. The zero-order valence-electron chi connectivity index (χ0n) is 26.3. The maximum Gasteiger partial charge on any atom is 0.137 e. The maximum absolute atomic E-state index is 10.7. The highest BCUT2D eigenvalue weighted by molar-refractivity contribution is 7.20. The average molecular weight is 691 g/mol. The standard InChI is InChI=1S/C38H22N6O4S2/c1-47-23-11-13-29-27(15-23)41-37(49-29)25(17-39)35-31-32(34(43-35)20-5-9-22(46)10-6-20)36(44-33(31)19-3-7-21(45)8-4-19)26(18-40)38-42-28-16-24(48-2)12-14-30(28)50-38/h3-16,45-46H,1-2H3/b35-25-,36-26-. The number of aromatic nitrogens is 2. The minimum absolute atomic E-state index is 0.0748. The number of rotatable bonds is 6. The van der Waals surface area contributed by atoms with E-state index in [2.05, 4.69) is 12.1 Å². The van der Waals surface area contributed by atoms with Gasteiger partial charge in [-0.3, -0.25) is 0 Å². The van der Waals surface area contributed by atoms with Crippen molar-refractivity contribution >= 4 is 65.7 Å². The Kier molecular flexibility index (Phi) is 7.45. The number of phenolic OH excluding ortho intramolecular Hbond substituents is 2. The number of hydrogen-bond donors (Lipinski definition) is 2. The zero-order chi connectivity index (χ0) is 34.5. The quantitative estimate of drug-likeness (QED) is 0.168. The van der Waals surface area contributed by atoms with E-state index in [1.165, 1.54) is 22.7 Å². The molecule has 6 aromatic rings. The van der Waals surface area contributed by atoms with E-state index >= 15 is 0 Å². The van der Waals surface area contributed by atoms with E-state index in [9.17, 15) is 20.7 Å². The summed E-state index contributed by atoms with van der Waals surface area (Å²) in [5.74, 6) is 1.43. The van der Waals surface area contributed by atoms with Crippen molar-refractivity contribution in [2.45, 2.75) is 0 Å². The molecule has 240 valence electrons. The summed E-state index contributed by atoms with van der Waals surface area (Å²) in [5.41, 5.74) is 5.77. The van der Waals surface area contributed by atoms with Crippen molar-refractivity contribution in [3.8, 4) is 35.1 Å². The molecule has 50 heavy (non-hydrogen) atoms. The molecule has 4 heterocycles. The van der Waals surface area contributed by atoms with Gasteiger partial charge >= 0.3 is 0 Å². The van der Waals surface area contributed by atoms with Crippen LogP contribution in [0.1, 0.15) is 21.1 Å². The van der Waals surface area contributed by atoms with Gasteiger partial charge in [0.2, 0.25) is 0 Å². The number of fused-ring (bicyclic) bond motifs is 2. The number of nitrogens with zero attached hydrogens (tertiary/aromatic N) is 6. The fraction of sp³-hybridized carbons (Fsp3) is 0.0526. The van der Waals surface area contributed by atoms with Crippen molar-refractivity contribution in [3.05, 3.63) is 129 Å². The number of thiazole rings is 2. The van der Waals surface area contributed by atoms with Crippen LogP contribution in [0.4, 0.5) is 0 Å². The molecule has 2 aliphatic heterocycles. The Balaban J connectivity index is 1.44. The van der Waals surface area contributed by atoms with Gasteiger partial charge in [-0.05, 0) is 72.8 Å². The van der Waals surface area contributed by atoms with E-state index in [1.807, 2.05) is 36.4 Å². The lowest BCUT2D eigenvalue weighted by Gasteiger charge is -2.08. The number of phenols is 2. The summed E-state index contributed by atoms with van der Waals surface area (Å²) >= 11 is 2.71. The number of methoxy groups -OCH3 is 2. The molecule has 2 aliphatic rings. The van der Waals surface area contributed by atoms with Crippen LogP contribution in [0.25, 0.3) is 31.6 Å². The molecule has 0 saturated heterocycles. The number of aliphatic imine (C=N–C) groups is 2. The van der Waals surface area contributed by atoms with Crippen molar-refractivity contribution in [2.24, 2.45) is 9.98 Å². The predicted octanol–water partition coefficient (Wildman–Crippen LogP) is 7.81. The van der Waals surface area contributed by atoms with Gasteiger partial charge in [0, 0.05) is 34.4 Å². The van der Waals surface area contributed by atoms with Crippen LogP contribution in [0.3, 0.4) is 0 Å². The second-order valence-electron chi connectivity index (χ2n) is 11.1. The maximum atomic E-state index is 10.7. The number of allylic oxidation sites excluding steroid dienone is 4. The third kappa shape index (κ3) is 5.07. The first-order valence-electron chi connectivity index (χ1n) is 15.1. The Hall–Kier alpha value is -6.60. The lowest BCUT2D eigenvalue weighted by atomic mass is 9.92. The van der Waals surface area contributed by atoms with Gasteiger partial charge in [0.25, 0.3) is 0 Å². The van der Waals surface area contributed by atoms with Gasteiger partial charge in [-0.1, -0.05) is 0 Å². The molecule has 4 aromatic carbocycles. The summed E-state index contributed by atoms with van der Waals surface area (Å²) in [7, 11) is 3.17. The molecular weight excluding hydrogens is 669 g/mol. The van der Waals surface area contributed by atoms with Crippen molar-refractivity contribution < 1.29 is 19.7 Å². The van der Waals surface area contributed by atoms with Gasteiger partial charge in [-0.15, -0.1) is 22.7 Å².